The maximum absolute atomic E-state index is 12.8. The molecule has 0 atom stereocenters. The van der Waals surface area contributed by atoms with Gasteiger partial charge < -0.3 is 4.90 Å². The van der Waals surface area contributed by atoms with E-state index in [-0.39, 0.29) is 5.82 Å². The van der Waals surface area contributed by atoms with Crippen LogP contribution < -0.4 is 4.90 Å². The molecule has 0 aliphatic carbocycles. The van der Waals surface area contributed by atoms with Crippen LogP contribution in [0, 0.1) is 5.82 Å². The van der Waals surface area contributed by atoms with Gasteiger partial charge in [-0.15, -0.1) is 0 Å². The number of hydrogen-bond acceptors (Lipinski definition) is 3. The lowest BCUT2D eigenvalue weighted by atomic mass is 10.3. The summed E-state index contributed by atoms with van der Waals surface area (Å²) in [5.74, 6) is 1.99. The molecular formula is C9H11FN2S. The van der Waals surface area contributed by atoms with Crippen LogP contribution in [0.2, 0.25) is 0 Å². The second-order valence-corrected chi connectivity index (χ2v) is 4.19. The summed E-state index contributed by atoms with van der Waals surface area (Å²) < 4.78 is 12.8. The Morgan fingerprint density at radius 3 is 2.77 bits per heavy atom. The van der Waals surface area contributed by atoms with Crippen molar-refractivity contribution in [2.24, 2.45) is 0 Å². The maximum atomic E-state index is 12.8. The van der Waals surface area contributed by atoms with E-state index in [9.17, 15) is 4.39 Å². The van der Waals surface area contributed by atoms with Crippen LogP contribution in [0.1, 0.15) is 0 Å². The number of hydrogen-bond donors (Lipinski definition) is 0. The average molecular weight is 198 g/mol. The first kappa shape index (κ1) is 8.81. The van der Waals surface area contributed by atoms with Crippen molar-refractivity contribution in [2.75, 3.05) is 29.5 Å². The van der Waals surface area contributed by atoms with E-state index in [1.54, 1.807) is 12.3 Å². The molecule has 0 spiro atoms. The highest BCUT2D eigenvalue weighted by Gasteiger charge is 2.11. The van der Waals surface area contributed by atoms with Crippen molar-refractivity contribution < 1.29 is 4.39 Å². The predicted molar refractivity (Wildman–Crippen MR) is 53.7 cm³/mol. The minimum absolute atomic E-state index is 0.254. The van der Waals surface area contributed by atoms with Gasteiger partial charge in [0.1, 0.15) is 5.82 Å². The molecule has 0 N–H and O–H groups in total. The molecule has 0 radical (unpaired) electrons. The van der Waals surface area contributed by atoms with Crippen molar-refractivity contribution >= 4 is 17.4 Å². The van der Waals surface area contributed by atoms with E-state index in [1.807, 2.05) is 11.8 Å². The van der Waals surface area contributed by atoms with Crippen molar-refractivity contribution in [1.82, 2.24) is 4.98 Å². The average Bonchev–Trinajstić information content (AvgIpc) is 2.19. The molecule has 0 saturated carbocycles. The van der Waals surface area contributed by atoms with E-state index in [1.165, 1.54) is 6.20 Å². The summed E-state index contributed by atoms with van der Waals surface area (Å²) in [6.45, 7) is 1.99. The van der Waals surface area contributed by atoms with Gasteiger partial charge in [0, 0.05) is 30.7 Å². The first-order valence-corrected chi connectivity index (χ1v) is 5.45. The highest BCUT2D eigenvalue weighted by molar-refractivity contribution is 7.99. The fraction of sp³-hybridized carbons (Fsp3) is 0.444. The number of nitrogens with zero attached hydrogens (tertiary/aromatic N) is 2. The van der Waals surface area contributed by atoms with Crippen molar-refractivity contribution in [1.29, 1.82) is 0 Å². The minimum atomic E-state index is -0.254. The van der Waals surface area contributed by atoms with Crippen LogP contribution in [0.15, 0.2) is 18.5 Å². The molecule has 13 heavy (non-hydrogen) atoms. The third-order valence-electron chi connectivity index (χ3n) is 2.07. The van der Waals surface area contributed by atoms with E-state index < -0.39 is 0 Å². The summed E-state index contributed by atoms with van der Waals surface area (Å²) in [7, 11) is 0. The topological polar surface area (TPSA) is 16.1 Å². The summed E-state index contributed by atoms with van der Waals surface area (Å²) in [5.41, 5.74) is 0.903. The zero-order valence-electron chi connectivity index (χ0n) is 7.24. The van der Waals surface area contributed by atoms with Gasteiger partial charge in [0.25, 0.3) is 0 Å². The number of thioether (sulfide) groups is 1. The van der Waals surface area contributed by atoms with Gasteiger partial charge in [0.2, 0.25) is 0 Å². The zero-order chi connectivity index (χ0) is 9.10. The molecule has 1 saturated heterocycles. The fourth-order valence-corrected chi connectivity index (χ4v) is 2.30. The highest BCUT2D eigenvalue weighted by Crippen LogP contribution is 2.18. The summed E-state index contributed by atoms with van der Waals surface area (Å²) in [5, 5.41) is 0. The first-order chi connectivity index (χ1) is 6.36. The van der Waals surface area contributed by atoms with Crippen LogP contribution in [-0.2, 0) is 0 Å². The lowest BCUT2D eigenvalue weighted by Crippen LogP contribution is -2.32. The molecule has 70 valence electrons. The molecular weight excluding hydrogens is 187 g/mol. The molecule has 2 heterocycles. The number of pyridine rings is 1. The third-order valence-corrected chi connectivity index (χ3v) is 3.01. The SMILES string of the molecule is Fc1cncc(N2CCSCC2)c1. The molecule has 1 aliphatic rings. The van der Waals surface area contributed by atoms with Gasteiger partial charge in [0.05, 0.1) is 18.1 Å². The second-order valence-electron chi connectivity index (χ2n) is 2.96. The van der Waals surface area contributed by atoms with Crippen LogP contribution in [0.5, 0.6) is 0 Å². The Hall–Kier alpha value is -0.770. The van der Waals surface area contributed by atoms with Gasteiger partial charge in [-0.3, -0.25) is 4.98 Å². The van der Waals surface area contributed by atoms with Crippen LogP contribution in [0.25, 0.3) is 0 Å². The standard InChI is InChI=1S/C9H11FN2S/c10-8-5-9(7-11-6-8)12-1-3-13-4-2-12/h5-7H,1-4H2. The largest absolute Gasteiger partial charge is 0.369 e. The summed E-state index contributed by atoms with van der Waals surface area (Å²) in [6, 6.07) is 1.54. The predicted octanol–water partition coefficient (Wildman–Crippen LogP) is 1.77. The summed E-state index contributed by atoms with van der Waals surface area (Å²) in [6.07, 6.45) is 2.96. The quantitative estimate of drug-likeness (QED) is 0.684. The Kier molecular flexibility index (Phi) is 2.68. The Balaban J connectivity index is 2.14. The molecule has 2 rings (SSSR count). The molecule has 1 aromatic heterocycles. The first-order valence-electron chi connectivity index (χ1n) is 4.29. The van der Waals surface area contributed by atoms with Gasteiger partial charge in [-0.05, 0) is 0 Å². The normalized spacial score (nSPS) is 17.5. The Labute approximate surface area is 81.2 Å². The van der Waals surface area contributed by atoms with Crippen molar-refractivity contribution in [3.63, 3.8) is 0 Å². The van der Waals surface area contributed by atoms with E-state index in [0.717, 1.165) is 30.3 Å². The fourth-order valence-electron chi connectivity index (χ4n) is 1.40. The number of rotatable bonds is 1. The number of anilines is 1. The lowest BCUT2D eigenvalue weighted by molar-refractivity contribution is 0.620. The van der Waals surface area contributed by atoms with E-state index in [0.29, 0.717) is 0 Å². The molecule has 4 heteroatoms. The zero-order valence-corrected chi connectivity index (χ0v) is 8.06. The molecule has 1 fully saturated rings. The number of halogens is 1. The Bertz CT molecular complexity index is 287. The van der Waals surface area contributed by atoms with Gasteiger partial charge in [-0.1, -0.05) is 0 Å². The molecule has 0 amide bonds. The van der Waals surface area contributed by atoms with Gasteiger partial charge >= 0.3 is 0 Å². The third kappa shape index (κ3) is 2.12. The molecule has 1 aliphatic heterocycles. The van der Waals surface area contributed by atoms with Crippen LogP contribution in [0.4, 0.5) is 10.1 Å². The smallest absolute Gasteiger partial charge is 0.143 e. The summed E-state index contributed by atoms with van der Waals surface area (Å²) in [4.78, 5) is 6.01. The molecule has 1 aromatic rings. The minimum Gasteiger partial charge on any atom is -0.369 e. The monoisotopic (exact) mass is 198 g/mol. The van der Waals surface area contributed by atoms with Crippen LogP contribution in [0.3, 0.4) is 0 Å². The Morgan fingerprint density at radius 2 is 2.08 bits per heavy atom. The molecule has 0 aromatic carbocycles. The lowest BCUT2D eigenvalue weighted by Gasteiger charge is -2.27. The van der Waals surface area contributed by atoms with Crippen LogP contribution in [-0.4, -0.2) is 29.6 Å². The highest BCUT2D eigenvalue weighted by atomic mass is 32.2. The Morgan fingerprint density at radius 1 is 1.31 bits per heavy atom. The number of aromatic nitrogens is 1. The van der Waals surface area contributed by atoms with Crippen molar-refractivity contribution in [3.05, 3.63) is 24.3 Å². The summed E-state index contributed by atoms with van der Waals surface area (Å²) >= 11 is 1.94. The van der Waals surface area contributed by atoms with Gasteiger partial charge in [-0.2, -0.15) is 11.8 Å². The second kappa shape index (κ2) is 3.96. The molecule has 2 nitrogen and oxygen atoms in total. The maximum Gasteiger partial charge on any atom is 0.143 e. The van der Waals surface area contributed by atoms with E-state index in [4.69, 9.17) is 0 Å². The van der Waals surface area contributed by atoms with E-state index in [2.05, 4.69) is 9.88 Å². The van der Waals surface area contributed by atoms with Gasteiger partial charge in [0.15, 0.2) is 0 Å². The van der Waals surface area contributed by atoms with Crippen LogP contribution >= 0.6 is 11.8 Å². The van der Waals surface area contributed by atoms with Crippen molar-refractivity contribution in [2.45, 2.75) is 0 Å². The van der Waals surface area contributed by atoms with E-state index >= 15 is 0 Å². The molecule has 0 unspecified atom stereocenters. The van der Waals surface area contributed by atoms with Crippen molar-refractivity contribution in [3.8, 4) is 0 Å². The molecule has 0 bridgehead atoms. The van der Waals surface area contributed by atoms with Gasteiger partial charge in [-0.25, -0.2) is 4.39 Å².